The average Bonchev–Trinajstić information content (AvgIpc) is 3.25. The van der Waals surface area contributed by atoms with E-state index in [9.17, 15) is 9.18 Å². The summed E-state index contributed by atoms with van der Waals surface area (Å²) in [6.45, 7) is 1.79. The fourth-order valence-electron chi connectivity index (χ4n) is 3.21. The van der Waals surface area contributed by atoms with Crippen LogP contribution in [0.4, 0.5) is 4.39 Å². The molecule has 11 heteroatoms. The molecule has 10 nitrogen and oxygen atoms in total. The molecule has 1 amide bonds. The summed E-state index contributed by atoms with van der Waals surface area (Å²) in [7, 11) is 0. The molecule has 0 atom stereocenters. The number of hydrogen-bond acceptors (Lipinski definition) is 8. The first kappa shape index (κ1) is 20.2. The zero-order valence-corrected chi connectivity index (χ0v) is 17.3. The fourth-order valence-corrected chi connectivity index (χ4v) is 3.21. The molecular formula is C22H16FN9O. The Kier molecular flexibility index (Phi) is 5.19. The summed E-state index contributed by atoms with van der Waals surface area (Å²) in [4.78, 5) is 29.0. The molecule has 162 valence electrons. The van der Waals surface area contributed by atoms with Crippen molar-refractivity contribution in [2.24, 2.45) is 5.10 Å². The van der Waals surface area contributed by atoms with Gasteiger partial charge in [0.1, 0.15) is 11.5 Å². The van der Waals surface area contributed by atoms with Crippen molar-refractivity contribution < 1.29 is 9.18 Å². The number of carbonyl (C=O) groups excluding carboxylic acids is 1. The van der Waals surface area contributed by atoms with Gasteiger partial charge in [-0.1, -0.05) is 11.3 Å². The van der Waals surface area contributed by atoms with E-state index in [4.69, 9.17) is 0 Å². The highest BCUT2D eigenvalue weighted by Gasteiger charge is 2.14. The van der Waals surface area contributed by atoms with E-state index >= 15 is 0 Å². The molecule has 33 heavy (non-hydrogen) atoms. The van der Waals surface area contributed by atoms with Gasteiger partial charge in [0.2, 0.25) is 5.65 Å². The lowest BCUT2D eigenvalue weighted by atomic mass is 10.1. The van der Waals surface area contributed by atoms with E-state index in [0.717, 1.165) is 5.39 Å². The molecule has 1 N–H and O–H groups in total. The summed E-state index contributed by atoms with van der Waals surface area (Å²) in [5.41, 5.74) is 5.37. The number of benzene rings is 1. The summed E-state index contributed by atoms with van der Waals surface area (Å²) < 4.78 is 16.1. The van der Waals surface area contributed by atoms with Gasteiger partial charge in [-0.05, 0) is 31.2 Å². The standard InChI is InChI=1S/C22H16FN9O/c1-13(28-30-22(33)15-5-2-6-24-10-15)19-11-26-20-21(27-19)32(31-29-20)12-16-8-14-4-3-7-25-18(14)9-17(16)23/h2-11H,12H2,1H3,(H,30,33)/b28-13-. The second kappa shape index (κ2) is 8.46. The van der Waals surface area contributed by atoms with Crippen molar-refractivity contribution in [3.8, 4) is 0 Å². The second-order valence-electron chi connectivity index (χ2n) is 7.17. The molecule has 0 unspecified atom stereocenters. The van der Waals surface area contributed by atoms with Crippen LogP contribution >= 0.6 is 0 Å². The van der Waals surface area contributed by atoms with Crippen molar-refractivity contribution in [3.63, 3.8) is 0 Å². The first-order valence-electron chi connectivity index (χ1n) is 9.93. The quantitative estimate of drug-likeness (QED) is 0.328. The molecule has 0 spiro atoms. The first-order valence-corrected chi connectivity index (χ1v) is 9.93. The number of hydrogen-bond donors (Lipinski definition) is 1. The maximum Gasteiger partial charge on any atom is 0.272 e. The first-order chi connectivity index (χ1) is 16.1. The molecule has 0 aliphatic carbocycles. The summed E-state index contributed by atoms with van der Waals surface area (Å²) >= 11 is 0. The molecule has 0 fully saturated rings. The van der Waals surface area contributed by atoms with Gasteiger partial charge in [-0.25, -0.2) is 24.5 Å². The van der Waals surface area contributed by atoms with E-state index < -0.39 is 11.7 Å². The number of aromatic nitrogens is 7. The van der Waals surface area contributed by atoms with Crippen LogP contribution in [0, 0.1) is 5.82 Å². The van der Waals surface area contributed by atoms with Gasteiger partial charge >= 0.3 is 0 Å². The van der Waals surface area contributed by atoms with E-state index in [1.807, 2.05) is 6.07 Å². The number of nitrogens with zero attached hydrogens (tertiary/aromatic N) is 8. The smallest absolute Gasteiger partial charge is 0.267 e. The lowest BCUT2D eigenvalue weighted by Crippen LogP contribution is -2.19. The summed E-state index contributed by atoms with van der Waals surface area (Å²) in [5, 5.41) is 13.0. The van der Waals surface area contributed by atoms with Crippen molar-refractivity contribution in [2.75, 3.05) is 0 Å². The predicted molar refractivity (Wildman–Crippen MR) is 118 cm³/mol. The number of halogens is 1. The van der Waals surface area contributed by atoms with Gasteiger partial charge in [0.05, 0.1) is 29.5 Å². The van der Waals surface area contributed by atoms with E-state index in [2.05, 4.69) is 40.8 Å². The lowest BCUT2D eigenvalue weighted by molar-refractivity contribution is 0.0954. The third-order valence-electron chi connectivity index (χ3n) is 4.94. The van der Waals surface area contributed by atoms with Crippen LogP contribution in [0.3, 0.4) is 0 Å². The number of carbonyl (C=O) groups is 1. The minimum absolute atomic E-state index is 0.110. The minimum Gasteiger partial charge on any atom is -0.267 e. The second-order valence-corrected chi connectivity index (χ2v) is 7.17. The minimum atomic E-state index is -0.399. The Balaban J connectivity index is 1.42. The van der Waals surface area contributed by atoms with Crippen LogP contribution in [-0.4, -0.2) is 46.5 Å². The van der Waals surface area contributed by atoms with Gasteiger partial charge in [-0.2, -0.15) is 5.10 Å². The van der Waals surface area contributed by atoms with E-state index in [0.29, 0.717) is 39.3 Å². The molecule has 0 bridgehead atoms. The summed E-state index contributed by atoms with van der Waals surface area (Å²) in [5.74, 6) is -0.797. The van der Waals surface area contributed by atoms with Crippen LogP contribution in [0.1, 0.15) is 28.5 Å². The lowest BCUT2D eigenvalue weighted by Gasteiger charge is -2.06. The van der Waals surface area contributed by atoms with Crippen molar-refractivity contribution in [1.29, 1.82) is 0 Å². The Bertz CT molecular complexity index is 1510. The van der Waals surface area contributed by atoms with Gasteiger partial charge in [-0.15, -0.1) is 5.10 Å². The monoisotopic (exact) mass is 441 g/mol. The van der Waals surface area contributed by atoms with Crippen LogP contribution in [-0.2, 0) is 6.54 Å². The maximum absolute atomic E-state index is 14.6. The highest BCUT2D eigenvalue weighted by atomic mass is 19.1. The van der Waals surface area contributed by atoms with Gasteiger partial charge in [0.15, 0.2) is 5.65 Å². The number of pyridine rings is 2. The third-order valence-corrected chi connectivity index (χ3v) is 4.94. The van der Waals surface area contributed by atoms with Crippen molar-refractivity contribution >= 4 is 33.8 Å². The van der Waals surface area contributed by atoms with Crippen LogP contribution < -0.4 is 5.43 Å². The molecule has 5 rings (SSSR count). The van der Waals surface area contributed by atoms with Crippen LogP contribution in [0.25, 0.3) is 22.2 Å². The number of nitrogens with one attached hydrogen (secondary N) is 1. The molecule has 0 saturated carbocycles. The van der Waals surface area contributed by atoms with Crippen LogP contribution in [0.2, 0.25) is 0 Å². The average molecular weight is 441 g/mol. The maximum atomic E-state index is 14.6. The molecule has 4 heterocycles. The van der Waals surface area contributed by atoms with Crippen molar-refractivity contribution in [3.05, 3.63) is 83.8 Å². The Labute approximate surface area is 186 Å². The van der Waals surface area contributed by atoms with Crippen LogP contribution in [0.15, 0.2) is 66.3 Å². The Hall–Kier alpha value is -4.67. The van der Waals surface area contributed by atoms with Gasteiger partial charge in [0, 0.05) is 35.6 Å². The molecule has 5 aromatic rings. The number of hydrazone groups is 1. The Morgan fingerprint density at radius 1 is 1.15 bits per heavy atom. The number of amides is 1. The highest BCUT2D eigenvalue weighted by Crippen LogP contribution is 2.19. The van der Waals surface area contributed by atoms with Gasteiger partial charge < -0.3 is 0 Å². The molecule has 0 aliphatic heterocycles. The normalized spacial score (nSPS) is 11.8. The zero-order valence-electron chi connectivity index (χ0n) is 17.3. The molecule has 1 aromatic carbocycles. The Morgan fingerprint density at radius 2 is 2.03 bits per heavy atom. The zero-order chi connectivity index (χ0) is 22.8. The number of rotatable bonds is 5. The topological polar surface area (TPSA) is 124 Å². The summed E-state index contributed by atoms with van der Waals surface area (Å²) in [6.07, 6.45) is 6.12. The van der Waals surface area contributed by atoms with Gasteiger partial charge in [-0.3, -0.25) is 14.8 Å². The van der Waals surface area contributed by atoms with Gasteiger partial charge in [0.25, 0.3) is 5.91 Å². The third kappa shape index (κ3) is 4.11. The summed E-state index contributed by atoms with van der Waals surface area (Å²) in [6, 6.07) is 10.1. The fraction of sp³-hybridized carbons (Fsp3) is 0.0909. The SMILES string of the molecule is C/C(=N/NC(=O)c1cccnc1)c1cnc2nnn(Cc3cc4cccnc4cc3F)c2n1. The van der Waals surface area contributed by atoms with Crippen molar-refractivity contribution in [1.82, 2.24) is 40.4 Å². The van der Waals surface area contributed by atoms with E-state index in [1.165, 1.54) is 23.1 Å². The van der Waals surface area contributed by atoms with Crippen molar-refractivity contribution in [2.45, 2.75) is 13.5 Å². The molecule has 0 saturated heterocycles. The molecular weight excluding hydrogens is 425 g/mol. The van der Waals surface area contributed by atoms with E-state index in [-0.39, 0.29) is 6.54 Å². The highest BCUT2D eigenvalue weighted by molar-refractivity contribution is 6.00. The molecule has 4 aromatic heterocycles. The number of fused-ring (bicyclic) bond motifs is 2. The molecule has 0 radical (unpaired) electrons. The Morgan fingerprint density at radius 3 is 2.88 bits per heavy atom. The van der Waals surface area contributed by atoms with E-state index in [1.54, 1.807) is 43.6 Å². The predicted octanol–water partition coefficient (Wildman–Crippen LogP) is 2.51. The molecule has 0 aliphatic rings. The largest absolute Gasteiger partial charge is 0.272 e. The van der Waals surface area contributed by atoms with Crippen LogP contribution in [0.5, 0.6) is 0 Å².